The molecule has 22 heavy (non-hydrogen) atoms. The number of carbonyl (C=O) groups is 1. The lowest BCUT2D eigenvalue weighted by atomic mass is 10.1. The van der Waals surface area contributed by atoms with Gasteiger partial charge in [-0.1, -0.05) is 13.0 Å². The van der Waals surface area contributed by atoms with Gasteiger partial charge in [0.25, 0.3) is 0 Å². The zero-order chi connectivity index (χ0) is 15.5. The molecule has 1 aliphatic heterocycles. The molecule has 3 rings (SSSR count). The molecule has 1 aromatic heterocycles. The monoisotopic (exact) mass is 302 g/mol. The molecule has 2 N–H and O–H groups in total. The largest absolute Gasteiger partial charge is 0.475 e. The van der Waals surface area contributed by atoms with E-state index in [1.165, 1.54) is 19.4 Å². The van der Waals surface area contributed by atoms with E-state index in [1.807, 2.05) is 18.2 Å². The number of nitrogens with zero attached hydrogens (tertiary/aromatic N) is 1. The standard InChI is InChI=1S/C17H22N2O3/c1-2-19-7-3-4-14(11-19)18-10-12-5-6-15-13(8-12)9-16(22-15)17(20)21/h5-6,8-9,14,18H,2-4,7,10-11H2,1H3,(H,20,21). The highest BCUT2D eigenvalue weighted by molar-refractivity contribution is 5.91. The Morgan fingerprint density at radius 3 is 3.09 bits per heavy atom. The molecule has 0 amide bonds. The number of carboxylic acids is 1. The average Bonchev–Trinajstić information content (AvgIpc) is 2.96. The Labute approximate surface area is 129 Å². The van der Waals surface area contributed by atoms with Gasteiger partial charge in [0, 0.05) is 24.5 Å². The molecule has 0 bridgehead atoms. The molecule has 118 valence electrons. The fourth-order valence-electron chi connectivity index (χ4n) is 3.08. The summed E-state index contributed by atoms with van der Waals surface area (Å²) in [6.45, 7) is 6.42. The Bertz CT molecular complexity index is 665. The van der Waals surface area contributed by atoms with Gasteiger partial charge >= 0.3 is 5.97 Å². The zero-order valence-corrected chi connectivity index (χ0v) is 12.8. The van der Waals surface area contributed by atoms with Crippen LogP contribution in [0.25, 0.3) is 11.0 Å². The van der Waals surface area contributed by atoms with Crippen LogP contribution >= 0.6 is 0 Å². The molecule has 1 aromatic carbocycles. The van der Waals surface area contributed by atoms with E-state index in [1.54, 1.807) is 6.07 Å². The van der Waals surface area contributed by atoms with Crippen LogP contribution in [0, 0.1) is 0 Å². The third kappa shape index (κ3) is 3.31. The summed E-state index contributed by atoms with van der Waals surface area (Å²) < 4.78 is 5.28. The second kappa shape index (κ2) is 6.50. The van der Waals surface area contributed by atoms with Crippen molar-refractivity contribution in [2.75, 3.05) is 19.6 Å². The van der Waals surface area contributed by atoms with Crippen molar-refractivity contribution in [3.63, 3.8) is 0 Å². The summed E-state index contributed by atoms with van der Waals surface area (Å²) in [5.41, 5.74) is 1.77. The van der Waals surface area contributed by atoms with Gasteiger partial charge in [0.2, 0.25) is 5.76 Å². The molecule has 2 heterocycles. The molecule has 2 aromatic rings. The molecular weight excluding hydrogens is 280 g/mol. The van der Waals surface area contributed by atoms with Gasteiger partial charge in [-0.25, -0.2) is 4.79 Å². The maximum Gasteiger partial charge on any atom is 0.371 e. The van der Waals surface area contributed by atoms with Crippen molar-refractivity contribution in [3.05, 3.63) is 35.6 Å². The molecule has 5 heteroatoms. The lowest BCUT2D eigenvalue weighted by Crippen LogP contribution is -2.45. The van der Waals surface area contributed by atoms with Crippen LogP contribution in [0.3, 0.4) is 0 Å². The number of nitrogens with one attached hydrogen (secondary N) is 1. The van der Waals surface area contributed by atoms with Crippen molar-refractivity contribution in [2.45, 2.75) is 32.4 Å². The van der Waals surface area contributed by atoms with E-state index in [0.29, 0.717) is 11.6 Å². The number of furan rings is 1. The third-order valence-corrected chi connectivity index (χ3v) is 4.34. The number of hydrogen-bond acceptors (Lipinski definition) is 4. The van der Waals surface area contributed by atoms with Crippen LogP contribution in [0.15, 0.2) is 28.7 Å². The van der Waals surface area contributed by atoms with E-state index in [-0.39, 0.29) is 5.76 Å². The van der Waals surface area contributed by atoms with Gasteiger partial charge in [0.15, 0.2) is 0 Å². The second-order valence-electron chi connectivity index (χ2n) is 5.90. The summed E-state index contributed by atoms with van der Waals surface area (Å²) in [5.74, 6) is -1.04. The first-order valence-electron chi connectivity index (χ1n) is 7.87. The summed E-state index contributed by atoms with van der Waals surface area (Å²) in [6.07, 6.45) is 2.46. The first kappa shape index (κ1) is 15.1. The zero-order valence-electron chi connectivity index (χ0n) is 12.8. The number of fused-ring (bicyclic) bond motifs is 1. The molecular formula is C17H22N2O3. The number of likely N-dealkylation sites (N-methyl/N-ethyl adjacent to an activating group) is 1. The van der Waals surface area contributed by atoms with Crippen LogP contribution in [0.1, 0.15) is 35.9 Å². The van der Waals surface area contributed by atoms with Crippen LogP contribution in [0.4, 0.5) is 0 Å². The first-order valence-corrected chi connectivity index (χ1v) is 7.87. The number of hydrogen-bond donors (Lipinski definition) is 2. The van der Waals surface area contributed by atoms with E-state index >= 15 is 0 Å². The average molecular weight is 302 g/mol. The highest BCUT2D eigenvalue weighted by Crippen LogP contribution is 2.21. The number of piperidine rings is 1. The van der Waals surface area contributed by atoms with Crippen molar-refractivity contribution in [2.24, 2.45) is 0 Å². The third-order valence-electron chi connectivity index (χ3n) is 4.34. The van der Waals surface area contributed by atoms with Gasteiger partial charge in [-0.2, -0.15) is 0 Å². The minimum atomic E-state index is -1.03. The smallest absolute Gasteiger partial charge is 0.371 e. The minimum absolute atomic E-state index is 0.00835. The Hall–Kier alpha value is -1.85. The molecule has 0 saturated carbocycles. The molecule has 0 spiro atoms. The van der Waals surface area contributed by atoms with E-state index in [2.05, 4.69) is 17.1 Å². The Balaban J connectivity index is 1.65. The van der Waals surface area contributed by atoms with Gasteiger partial charge in [-0.05, 0) is 49.7 Å². The van der Waals surface area contributed by atoms with Gasteiger partial charge in [-0.15, -0.1) is 0 Å². The summed E-state index contributed by atoms with van der Waals surface area (Å²) in [6, 6.07) is 7.95. The van der Waals surface area contributed by atoms with Crippen molar-refractivity contribution >= 4 is 16.9 Å². The lowest BCUT2D eigenvalue weighted by molar-refractivity contribution is 0.0665. The normalized spacial score (nSPS) is 19.6. The number of carboxylic acid groups (broad SMARTS) is 1. The maximum atomic E-state index is 10.9. The van der Waals surface area contributed by atoms with E-state index < -0.39 is 5.97 Å². The van der Waals surface area contributed by atoms with E-state index in [4.69, 9.17) is 9.52 Å². The predicted molar refractivity (Wildman–Crippen MR) is 85.1 cm³/mol. The highest BCUT2D eigenvalue weighted by atomic mass is 16.4. The van der Waals surface area contributed by atoms with Gasteiger partial charge in [-0.3, -0.25) is 0 Å². The summed E-state index contributed by atoms with van der Waals surface area (Å²) in [5, 5.41) is 13.4. The summed E-state index contributed by atoms with van der Waals surface area (Å²) in [4.78, 5) is 13.4. The van der Waals surface area contributed by atoms with Crippen molar-refractivity contribution < 1.29 is 14.3 Å². The van der Waals surface area contributed by atoms with Crippen LogP contribution in [-0.2, 0) is 6.54 Å². The molecule has 0 aliphatic carbocycles. The lowest BCUT2D eigenvalue weighted by Gasteiger charge is -2.32. The number of benzene rings is 1. The van der Waals surface area contributed by atoms with Crippen LogP contribution < -0.4 is 5.32 Å². The van der Waals surface area contributed by atoms with Crippen LogP contribution in [0.2, 0.25) is 0 Å². The molecule has 0 radical (unpaired) electrons. The van der Waals surface area contributed by atoms with Crippen molar-refractivity contribution in [1.29, 1.82) is 0 Å². The summed E-state index contributed by atoms with van der Waals surface area (Å²) in [7, 11) is 0. The Morgan fingerprint density at radius 1 is 1.45 bits per heavy atom. The van der Waals surface area contributed by atoms with E-state index in [9.17, 15) is 4.79 Å². The first-order chi connectivity index (χ1) is 10.7. The fourth-order valence-corrected chi connectivity index (χ4v) is 3.08. The van der Waals surface area contributed by atoms with E-state index in [0.717, 1.165) is 30.6 Å². The number of likely N-dealkylation sites (tertiary alicyclic amines) is 1. The van der Waals surface area contributed by atoms with Gasteiger partial charge < -0.3 is 19.7 Å². The number of rotatable bonds is 5. The number of aromatic carboxylic acids is 1. The van der Waals surface area contributed by atoms with Crippen LogP contribution in [-0.4, -0.2) is 41.7 Å². The molecule has 1 unspecified atom stereocenters. The second-order valence-corrected chi connectivity index (χ2v) is 5.90. The van der Waals surface area contributed by atoms with Crippen LogP contribution in [0.5, 0.6) is 0 Å². The SMILES string of the molecule is CCN1CCCC(NCc2ccc3oc(C(=O)O)cc3c2)C1. The maximum absolute atomic E-state index is 10.9. The van der Waals surface area contributed by atoms with Crippen molar-refractivity contribution in [1.82, 2.24) is 10.2 Å². The minimum Gasteiger partial charge on any atom is -0.475 e. The fraction of sp³-hybridized carbons (Fsp3) is 0.471. The van der Waals surface area contributed by atoms with Gasteiger partial charge in [0.1, 0.15) is 5.58 Å². The predicted octanol–water partition coefficient (Wildman–Crippen LogP) is 2.70. The molecule has 1 aliphatic rings. The molecule has 1 atom stereocenters. The van der Waals surface area contributed by atoms with Gasteiger partial charge in [0.05, 0.1) is 0 Å². The Morgan fingerprint density at radius 2 is 2.32 bits per heavy atom. The highest BCUT2D eigenvalue weighted by Gasteiger charge is 2.18. The topological polar surface area (TPSA) is 65.7 Å². The quantitative estimate of drug-likeness (QED) is 0.889. The molecule has 1 fully saturated rings. The Kier molecular flexibility index (Phi) is 4.45. The molecule has 5 nitrogen and oxygen atoms in total. The molecule has 1 saturated heterocycles. The summed E-state index contributed by atoms with van der Waals surface area (Å²) >= 11 is 0. The van der Waals surface area contributed by atoms with Crippen molar-refractivity contribution in [3.8, 4) is 0 Å².